The quantitative estimate of drug-likeness (QED) is 0.854. The van der Waals surface area contributed by atoms with Crippen LogP contribution in [0, 0.1) is 13.8 Å². The van der Waals surface area contributed by atoms with Crippen LogP contribution < -0.4 is 5.56 Å². The topological polar surface area (TPSA) is 76.4 Å². The standard InChI is InChI=1S/C11H15NO4S/c1-7-6-9(13)12(4-5-17(3)16)8(2)10(7)11(14)15/h6H,4-5H2,1-3H3,(H,14,15). The zero-order chi connectivity index (χ0) is 13.2. The Hall–Kier alpha value is -1.43. The van der Waals surface area contributed by atoms with Crippen molar-refractivity contribution in [1.82, 2.24) is 4.57 Å². The molecule has 94 valence electrons. The van der Waals surface area contributed by atoms with Crippen molar-refractivity contribution >= 4 is 16.8 Å². The highest BCUT2D eigenvalue weighted by Crippen LogP contribution is 2.11. The third-order valence-electron chi connectivity index (χ3n) is 2.58. The smallest absolute Gasteiger partial charge is 0.337 e. The maximum absolute atomic E-state index is 11.7. The molecule has 0 aromatic carbocycles. The number of pyridine rings is 1. The van der Waals surface area contributed by atoms with Crippen LogP contribution in [0.4, 0.5) is 0 Å². The molecule has 17 heavy (non-hydrogen) atoms. The Morgan fingerprint density at radius 2 is 2.06 bits per heavy atom. The highest BCUT2D eigenvalue weighted by molar-refractivity contribution is 7.84. The van der Waals surface area contributed by atoms with E-state index >= 15 is 0 Å². The third kappa shape index (κ3) is 3.03. The van der Waals surface area contributed by atoms with Gasteiger partial charge < -0.3 is 9.67 Å². The van der Waals surface area contributed by atoms with Gasteiger partial charge in [0.15, 0.2) is 0 Å². The third-order valence-corrected chi connectivity index (χ3v) is 3.34. The van der Waals surface area contributed by atoms with Crippen LogP contribution in [0.1, 0.15) is 21.6 Å². The minimum Gasteiger partial charge on any atom is -0.478 e. The summed E-state index contributed by atoms with van der Waals surface area (Å²) in [5.41, 5.74) is 0.753. The van der Waals surface area contributed by atoms with Crippen molar-refractivity contribution in [2.24, 2.45) is 0 Å². The highest BCUT2D eigenvalue weighted by Gasteiger charge is 2.15. The molecule has 0 bridgehead atoms. The molecule has 0 aliphatic heterocycles. The average Bonchev–Trinajstić information content (AvgIpc) is 2.14. The molecule has 0 saturated heterocycles. The minimum absolute atomic E-state index is 0.145. The number of aromatic carboxylic acids is 1. The van der Waals surface area contributed by atoms with Gasteiger partial charge in [-0.25, -0.2) is 4.79 Å². The fourth-order valence-corrected chi connectivity index (χ4v) is 2.18. The van der Waals surface area contributed by atoms with Gasteiger partial charge in [0, 0.05) is 41.1 Å². The summed E-state index contributed by atoms with van der Waals surface area (Å²) in [6.07, 6.45) is 1.55. The molecule has 6 heteroatoms. The zero-order valence-corrected chi connectivity index (χ0v) is 10.8. The van der Waals surface area contributed by atoms with Crippen molar-refractivity contribution in [1.29, 1.82) is 0 Å². The molecule has 0 aliphatic rings. The molecule has 5 nitrogen and oxygen atoms in total. The Morgan fingerprint density at radius 3 is 2.53 bits per heavy atom. The van der Waals surface area contributed by atoms with Gasteiger partial charge in [0.2, 0.25) is 0 Å². The summed E-state index contributed by atoms with van der Waals surface area (Å²) in [6.45, 7) is 3.46. The van der Waals surface area contributed by atoms with Crippen LogP contribution in [0.3, 0.4) is 0 Å². The van der Waals surface area contributed by atoms with Crippen molar-refractivity contribution in [2.45, 2.75) is 20.4 Å². The average molecular weight is 257 g/mol. The van der Waals surface area contributed by atoms with E-state index in [1.807, 2.05) is 0 Å². The van der Waals surface area contributed by atoms with Crippen LogP contribution in [0.5, 0.6) is 0 Å². The van der Waals surface area contributed by atoms with E-state index < -0.39 is 16.8 Å². The molecule has 0 aliphatic carbocycles. The Kier molecular flexibility index (Phi) is 4.22. The van der Waals surface area contributed by atoms with E-state index in [0.717, 1.165) is 0 Å². The van der Waals surface area contributed by atoms with Crippen molar-refractivity contribution in [3.8, 4) is 0 Å². The first kappa shape index (κ1) is 13.6. The number of nitrogens with zero attached hydrogens (tertiary/aromatic N) is 1. The molecule has 0 radical (unpaired) electrons. The summed E-state index contributed by atoms with van der Waals surface area (Å²) >= 11 is 0. The number of hydrogen-bond acceptors (Lipinski definition) is 3. The van der Waals surface area contributed by atoms with Crippen LogP contribution in [0.15, 0.2) is 10.9 Å². The zero-order valence-electron chi connectivity index (χ0n) is 10.0. The molecule has 1 heterocycles. The van der Waals surface area contributed by atoms with Crippen LogP contribution >= 0.6 is 0 Å². The van der Waals surface area contributed by atoms with Crippen LogP contribution in [-0.2, 0) is 17.3 Å². The molecular weight excluding hydrogens is 242 g/mol. The predicted molar refractivity (Wildman–Crippen MR) is 66.1 cm³/mol. The van der Waals surface area contributed by atoms with Crippen molar-refractivity contribution in [2.75, 3.05) is 12.0 Å². The molecule has 1 aromatic heterocycles. The van der Waals surface area contributed by atoms with Crippen molar-refractivity contribution in [3.63, 3.8) is 0 Å². The second-order valence-electron chi connectivity index (χ2n) is 3.86. The number of aryl methyl sites for hydroxylation is 1. The van der Waals surface area contributed by atoms with Crippen molar-refractivity contribution < 1.29 is 14.1 Å². The number of carboxylic acid groups (broad SMARTS) is 1. The fourth-order valence-electron chi connectivity index (χ4n) is 1.74. The molecule has 1 unspecified atom stereocenters. The number of rotatable bonds is 4. The van der Waals surface area contributed by atoms with E-state index in [4.69, 9.17) is 5.11 Å². The molecule has 1 atom stereocenters. The van der Waals surface area contributed by atoms with Crippen LogP contribution in [0.2, 0.25) is 0 Å². The van der Waals surface area contributed by atoms with Crippen molar-refractivity contribution in [3.05, 3.63) is 33.2 Å². The minimum atomic E-state index is -1.05. The summed E-state index contributed by atoms with van der Waals surface area (Å²) in [5, 5.41) is 9.06. The molecule has 0 saturated carbocycles. The van der Waals surface area contributed by atoms with Crippen LogP contribution in [0.25, 0.3) is 0 Å². The van der Waals surface area contributed by atoms with Crippen LogP contribution in [-0.4, -0.2) is 31.9 Å². The molecule has 1 N–H and O–H groups in total. The maximum Gasteiger partial charge on any atom is 0.337 e. The normalized spacial score (nSPS) is 12.4. The summed E-state index contributed by atoms with van der Waals surface area (Å²) in [5.74, 6) is -0.713. The van der Waals surface area contributed by atoms with E-state index in [1.54, 1.807) is 20.1 Å². The SMILES string of the molecule is Cc1cc(=O)n(CCS(C)=O)c(C)c1C(=O)O. The van der Waals surface area contributed by atoms with E-state index in [9.17, 15) is 13.8 Å². The van der Waals surface area contributed by atoms with Gasteiger partial charge in [0.05, 0.1) is 5.56 Å². The Bertz CT molecular complexity index is 533. The first-order chi connectivity index (χ1) is 7.84. The van der Waals surface area contributed by atoms with E-state index in [1.165, 1.54) is 10.6 Å². The number of hydrogen-bond donors (Lipinski definition) is 1. The largest absolute Gasteiger partial charge is 0.478 e. The first-order valence-corrected chi connectivity index (χ1v) is 6.81. The first-order valence-electron chi connectivity index (χ1n) is 5.09. The van der Waals surface area contributed by atoms with Gasteiger partial charge in [-0.2, -0.15) is 0 Å². The summed E-state index contributed by atoms with van der Waals surface area (Å²) in [4.78, 5) is 22.8. The Morgan fingerprint density at radius 1 is 1.47 bits per heavy atom. The van der Waals surface area contributed by atoms with Gasteiger partial charge in [0.25, 0.3) is 5.56 Å². The maximum atomic E-state index is 11.7. The lowest BCUT2D eigenvalue weighted by atomic mass is 10.1. The number of aromatic nitrogens is 1. The van der Waals surface area contributed by atoms with E-state index in [0.29, 0.717) is 17.0 Å². The summed E-state index contributed by atoms with van der Waals surface area (Å²) < 4.78 is 12.4. The Balaban J connectivity index is 3.31. The molecule has 0 amide bonds. The molecule has 0 fully saturated rings. The predicted octanol–water partition coefficient (Wildman–Crippen LogP) is 0.542. The van der Waals surface area contributed by atoms with Gasteiger partial charge in [-0.15, -0.1) is 0 Å². The lowest BCUT2D eigenvalue weighted by Gasteiger charge is -2.13. The monoisotopic (exact) mass is 257 g/mol. The molecule has 1 rings (SSSR count). The van der Waals surface area contributed by atoms with Gasteiger partial charge in [-0.1, -0.05) is 0 Å². The lowest BCUT2D eigenvalue weighted by Crippen LogP contribution is -2.27. The fraction of sp³-hybridized carbons (Fsp3) is 0.455. The number of carboxylic acids is 1. The molecular formula is C11H15NO4S. The Labute approximate surface area is 102 Å². The second kappa shape index (κ2) is 5.27. The van der Waals surface area contributed by atoms with Gasteiger partial charge in [0.1, 0.15) is 0 Å². The summed E-state index contributed by atoms with van der Waals surface area (Å²) in [7, 11) is -1.01. The van der Waals surface area contributed by atoms with Gasteiger partial charge in [-0.3, -0.25) is 9.00 Å². The van der Waals surface area contributed by atoms with Gasteiger partial charge >= 0.3 is 5.97 Å². The second-order valence-corrected chi connectivity index (χ2v) is 5.41. The van der Waals surface area contributed by atoms with Gasteiger partial charge in [-0.05, 0) is 19.4 Å². The molecule has 1 aromatic rings. The summed E-state index contributed by atoms with van der Waals surface area (Å²) in [6, 6.07) is 1.30. The lowest BCUT2D eigenvalue weighted by molar-refractivity contribution is 0.0694. The molecule has 0 spiro atoms. The number of carbonyl (C=O) groups is 1. The highest BCUT2D eigenvalue weighted by atomic mass is 32.2. The van der Waals surface area contributed by atoms with E-state index in [-0.39, 0.29) is 17.7 Å². The van der Waals surface area contributed by atoms with E-state index in [2.05, 4.69) is 0 Å².